The Morgan fingerprint density at radius 3 is 2.72 bits per heavy atom. The third kappa shape index (κ3) is 3.22. The molecule has 0 aliphatic carbocycles. The summed E-state index contributed by atoms with van der Waals surface area (Å²) in [6, 6.07) is 7.25. The number of H-pyrrole nitrogens is 1. The maximum absolute atomic E-state index is 13.0. The van der Waals surface area contributed by atoms with E-state index in [1.807, 2.05) is 24.3 Å². The molecular formula is C18H24N2O5. The number of carbonyl (C=O) groups is 1. The number of nitrogens with one attached hydrogen (secondary N) is 1. The fourth-order valence-electron chi connectivity index (χ4n) is 3.35. The maximum atomic E-state index is 13.0. The Labute approximate surface area is 146 Å². The molecule has 1 aliphatic rings. The molecule has 25 heavy (non-hydrogen) atoms. The van der Waals surface area contributed by atoms with Gasteiger partial charge in [0, 0.05) is 32.2 Å². The number of aromatic nitrogens is 1. The molecule has 2 aromatic rings. The number of nitrogens with zero attached hydrogens (tertiary/aromatic N) is 1. The Hall–Kier alpha value is -2.09. The van der Waals surface area contributed by atoms with Crippen LogP contribution in [0.4, 0.5) is 0 Å². The van der Waals surface area contributed by atoms with Crippen LogP contribution in [0.1, 0.15) is 10.5 Å². The summed E-state index contributed by atoms with van der Waals surface area (Å²) in [5, 5.41) is 0.875. The van der Waals surface area contributed by atoms with Crippen molar-refractivity contribution in [3.05, 3.63) is 30.0 Å². The van der Waals surface area contributed by atoms with E-state index in [4.69, 9.17) is 18.9 Å². The van der Waals surface area contributed by atoms with Crippen LogP contribution in [-0.2, 0) is 14.2 Å². The van der Waals surface area contributed by atoms with Crippen LogP contribution in [-0.4, -0.2) is 75.6 Å². The molecule has 0 saturated carbocycles. The van der Waals surface area contributed by atoms with Gasteiger partial charge in [0.1, 0.15) is 23.7 Å². The fourth-order valence-corrected chi connectivity index (χ4v) is 3.35. The monoisotopic (exact) mass is 348 g/mol. The lowest BCUT2D eigenvalue weighted by atomic mass is 10.0. The second-order valence-electron chi connectivity index (χ2n) is 6.10. The zero-order valence-electron chi connectivity index (χ0n) is 14.9. The molecule has 1 aromatic carbocycles. The summed E-state index contributed by atoms with van der Waals surface area (Å²) >= 11 is 0. The van der Waals surface area contributed by atoms with Gasteiger partial charge in [0.05, 0.1) is 26.4 Å². The van der Waals surface area contributed by atoms with Gasteiger partial charge in [0.15, 0.2) is 0 Å². The molecule has 0 spiro atoms. The number of benzene rings is 1. The minimum atomic E-state index is -0.244. The Morgan fingerprint density at radius 1 is 1.24 bits per heavy atom. The molecule has 1 aromatic heterocycles. The number of rotatable bonds is 5. The SMILES string of the molecule is COc1cccc2[nH]c(C(=O)N(C)[C@@H]3COC[C@@H](OC)[C@H]3OC)cc12. The number of hydrogen-bond acceptors (Lipinski definition) is 5. The van der Waals surface area contributed by atoms with E-state index < -0.39 is 0 Å². The lowest BCUT2D eigenvalue weighted by Gasteiger charge is -2.40. The first-order valence-electron chi connectivity index (χ1n) is 8.17. The average molecular weight is 348 g/mol. The second-order valence-corrected chi connectivity index (χ2v) is 6.10. The van der Waals surface area contributed by atoms with E-state index in [9.17, 15) is 4.79 Å². The number of methoxy groups -OCH3 is 3. The molecule has 0 radical (unpaired) electrons. The highest BCUT2D eigenvalue weighted by Gasteiger charge is 2.39. The molecule has 3 rings (SSSR count). The first kappa shape index (κ1) is 17.7. The van der Waals surface area contributed by atoms with E-state index in [1.165, 1.54) is 0 Å². The Kier molecular flexibility index (Phi) is 5.27. The number of carbonyl (C=O) groups excluding carboxylic acids is 1. The van der Waals surface area contributed by atoms with Crippen LogP contribution in [0.2, 0.25) is 0 Å². The topological polar surface area (TPSA) is 73.0 Å². The van der Waals surface area contributed by atoms with Gasteiger partial charge in [0.2, 0.25) is 0 Å². The maximum Gasteiger partial charge on any atom is 0.270 e. The van der Waals surface area contributed by atoms with Gasteiger partial charge in [-0.05, 0) is 18.2 Å². The van der Waals surface area contributed by atoms with E-state index in [2.05, 4.69) is 4.98 Å². The summed E-state index contributed by atoms with van der Waals surface area (Å²) < 4.78 is 22.0. The van der Waals surface area contributed by atoms with Crippen molar-refractivity contribution in [1.29, 1.82) is 0 Å². The van der Waals surface area contributed by atoms with Crippen LogP contribution < -0.4 is 4.74 Å². The van der Waals surface area contributed by atoms with E-state index in [1.54, 1.807) is 33.3 Å². The largest absolute Gasteiger partial charge is 0.496 e. The van der Waals surface area contributed by atoms with Crippen molar-refractivity contribution >= 4 is 16.8 Å². The molecular weight excluding hydrogens is 324 g/mol. The van der Waals surface area contributed by atoms with Gasteiger partial charge in [-0.3, -0.25) is 4.79 Å². The number of likely N-dealkylation sites (N-methyl/N-ethyl adjacent to an activating group) is 1. The molecule has 2 heterocycles. The van der Waals surface area contributed by atoms with Crippen molar-refractivity contribution in [3.8, 4) is 5.75 Å². The number of amides is 1. The van der Waals surface area contributed by atoms with Crippen molar-refractivity contribution in [2.24, 2.45) is 0 Å². The van der Waals surface area contributed by atoms with Crippen LogP contribution in [0.5, 0.6) is 5.75 Å². The lowest BCUT2D eigenvalue weighted by molar-refractivity contribution is -0.147. The zero-order valence-corrected chi connectivity index (χ0v) is 14.9. The fraction of sp³-hybridized carbons (Fsp3) is 0.500. The van der Waals surface area contributed by atoms with E-state index >= 15 is 0 Å². The molecule has 136 valence electrons. The summed E-state index contributed by atoms with van der Waals surface area (Å²) in [7, 11) is 6.61. The standard InChI is InChI=1S/C18H24N2O5/c1-20(14-9-25-10-16(23-3)17(14)24-4)18(21)13-8-11-12(19-13)6-5-7-15(11)22-2/h5-8,14,16-17,19H,9-10H2,1-4H3/t14-,16-,17+/m1/s1. The zero-order chi connectivity index (χ0) is 18.0. The van der Waals surface area contributed by atoms with E-state index in [0.717, 1.165) is 16.7 Å². The summed E-state index contributed by atoms with van der Waals surface area (Å²) in [5.74, 6) is 0.594. The van der Waals surface area contributed by atoms with Crippen molar-refractivity contribution in [3.63, 3.8) is 0 Å². The smallest absolute Gasteiger partial charge is 0.270 e. The van der Waals surface area contributed by atoms with Gasteiger partial charge in [-0.15, -0.1) is 0 Å². The Balaban J connectivity index is 1.87. The highest BCUT2D eigenvalue weighted by Crippen LogP contribution is 2.27. The minimum absolute atomic E-state index is 0.134. The predicted octanol–water partition coefficient (Wildman–Crippen LogP) is 1.68. The molecule has 3 atom stereocenters. The van der Waals surface area contributed by atoms with Crippen LogP contribution in [0.25, 0.3) is 10.9 Å². The van der Waals surface area contributed by atoms with Crippen LogP contribution >= 0.6 is 0 Å². The highest BCUT2D eigenvalue weighted by molar-refractivity contribution is 5.99. The summed E-state index contributed by atoms with van der Waals surface area (Å²) in [6.07, 6.45) is -0.451. The van der Waals surface area contributed by atoms with Gasteiger partial charge in [0.25, 0.3) is 5.91 Å². The van der Waals surface area contributed by atoms with Crippen LogP contribution in [0.15, 0.2) is 24.3 Å². The molecule has 7 heteroatoms. The van der Waals surface area contributed by atoms with Gasteiger partial charge in [-0.2, -0.15) is 0 Å². The molecule has 0 unspecified atom stereocenters. The second kappa shape index (κ2) is 7.43. The third-order valence-electron chi connectivity index (χ3n) is 4.78. The van der Waals surface area contributed by atoms with Crippen molar-refractivity contribution in [1.82, 2.24) is 9.88 Å². The van der Waals surface area contributed by atoms with E-state index in [-0.39, 0.29) is 24.2 Å². The number of hydrogen-bond donors (Lipinski definition) is 1. The Morgan fingerprint density at radius 2 is 2.04 bits per heavy atom. The molecule has 1 fully saturated rings. The minimum Gasteiger partial charge on any atom is -0.496 e. The van der Waals surface area contributed by atoms with E-state index in [0.29, 0.717) is 18.9 Å². The summed E-state index contributed by atoms with van der Waals surface area (Å²) in [5.41, 5.74) is 1.35. The molecule has 7 nitrogen and oxygen atoms in total. The van der Waals surface area contributed by atoms with Gasteiger partial charge in [-0.1, -0.05) is 6.07 Å². The first-order chi connectivity index (χ1) is 12.1. The quantitative estimate of drug-likeness (QED) is 0.890. The van der Waals surface area contributed by atoms with Crippen molar-refractivity contribution in [2.75, 3.05) is 41.6 Å². The molecule has 1 saturated heterocycles. The number of ether oxygens (including phenoxy) is 4. The Bertz CT molecular complexity index is 744. The summed E-state index contributed by atoms with van der Waals surface area (Å²) in [4.78, 5) is 17.8. The lowest BCUT2D eigenvalue weighted by Crippen LogP contribution is -2.57. The van der Waals surface area contributed by atoms with Gasteiger partial charge < -0.3 is 28.8 Å². The normalized spacial score (nSPS) is 23.6. The van der Waals surface area contributed by atoms with Crippen LogP contribution in [0.3, 0.4) is 0 Å². The molecule has 1 N–H and O–H groups in total. The van der Waals surface area contributed by atoms with Gasteiger partial charge in [-0.25, -0.2) is 0 Å². The number of aromatic amines is 1. The molecule has 1 amide bonds. The summed E-state index contributed by atoms with van der Waals surface area (Å²) in [6.45, 7) is 0.862. The van der Waals surface area contributed by atoms with Gasteiger partial charge >= 0.3 is 0 Å². The van der Waals surface area contributed by atoms with Crippen molar-refractivity contribution < 1.29 is 23.7 Å². The third-order valence-corrected chi connectivity index (χ3v) is 4.78. The number of fused-ring (bicyclic) bond motifs is 1. The predicted molar refractivity (Wildman–Crippen MR) is 93.1 cm³/mol. The van der Waals surface area contributed by atoms with Crippen LogP contribution in [0, 0.1) is 0 Å². The molecule has 0 bridgehead atoms. The first-order valence-corrected chi connectivity index (χ1v) is 8.17. The average Bonchev–Trinajstić information content (AvgIpc) is 3.10. The highest BCUT2D eigenvalue weighted by atomic mass is 16.6. The molecule has 1 aliphatic heterocycles. The van der Waals surface area contributed by atoms with Crippen molar-refractivity contribution in [2.45, 2.75) is 18.2 Å².